The average molecular weight is 392 g/mol. The number of nitrogens with two attached hydrogens (primary N) is 1. The summed E-state index contributed by atoms with van der Waals surface area (Å²) < 4.78 is 10.6. The SMILES string of the molecule is COC1=CCC(c2ccc(N)c(C(=N)c3cc(N4CCOCC4)ncn3)c2)C=N1. The van der Waals surface area contributed by atoms with Gasteiger partial charge in [0.1, 0.15) is 12.1 Å². The van der Waals surface area contributed by atoms with Crippen LogP contribution in [0.15, 0.2) is 47.5 Å². The molecule has 0 amide bonds. The number of ether oxygens (including phenoxy) is 2. The summed E-state index contributed by atoms with van der Waals surface area (Å²) in [5.74, 6) is 1.55. The van der Waals surface area contributed by atoms with E-state index in [9.17, 15) is 0 Å². The second-order valence-corrected chi connectivity index (χ2v) is 6.95. The lowest BCUT2D eigenvalue weighted by molar-refractivity contribution is 0.122. The van der Waals surface area contributed by atoms with Gasteiger partial charge in [-0.15, -0.1) is 0 Å². The fourth-order valence-electron chi connectivity index (χ4n) is 3.47. The Balaban J connectivity index is 1.59. The predicted molar refractivity (Wildman–Crippen MR) is 113 cm³/mol. The summed E-state index contributed by atoms with van der Waals surface area (Å²) in [5, 5.41) is 8.72. The van der Waals surface area contributed by atoms with Crippen LogP contribution < -0.4 is 10.6 Å². The summed E-state index contributed by atoms with van der Waals surface area (Å²) in [6, 6.07) is 7.62. The molecule has 8 nitrogen and oxygen atoms in total. The zero-order chi connectivity index (χ0) is 20.2. The van der Waals surface area contributed by atoms with E-state index in [0.29, 0.717) is 36.0 Å². The molecule has 29 heavy (non-hydrogen) atoms. The molecule has 0 aliphatic carbocycles. The standard InChI is InChI=1S/C21H24N6O2/c1-28-20-5-3-15(12-24-20)14-2-4-17(22)16(10-14)21(23)18-11-19(26-13-25-18)27-6-8-29-9-7-27/h2,4-5,10-13,15,23H,3,6-9,22H2,1H3. The minimum absolute atomic E-state index is 0.121. The quantitative estimate of drug-likeness (QED) is 0.597. The van der Waals surface area contributed by atoms with Crippen LogP contribution in [0.25, 0.3) is 0 Å². The Hall–Kier alpha value is -3.26. The lowest BCUT2D eigenvalue weighted by Gasteiger charge is -2.27. The van der Waals surface area contributed by atoms with Crippen molar-refractivity contribution in [1.82, 2.24) is 9.97 Å². The number of morpholine rings is 1. The number of anilines is 2. The number of aromatic nitrogens is 2. The third kappa shape index (κ3) is 4.12. The summed E-state index contributed by atoms with van der Waals surface area (Å²) in [4.78, 5) is 15.1. The number of methoxy groups -OCH3 is 1. The summed E-state index contributed by atoms with van der Waals surface area (Å²) in [6.45, 7) is 2.90. The molecule has 2 aromatic rings. The van der Waals surface area contributed by atoms with Crippen molar-refractivity contribution < 1.29 is 9.47 Å². The number of aliphatic imine (C=N–C) groups is 1. The van der Waals surface area contributed by atoms with E-state index in [0.717, 1.165) is 30.9 Å². The molecular weight excluding hydrogens is 368 g/mol. The number of allylic oxidation sites excluding steroid dienone is 1. The third-order valence-electron chi connectivity index (χ3n) is 5.16. The van der Waals surface area contributed by atoms with Gasteiger partial charge in [0, 0.05) is 42.5 Å². The number of hydrogen-bond donors (Lipinski definition) is 2. The maximum Gasteiger partial charge on any atom is 0.208 e. The first-order chi connectivity index (χ1) is 14.2. The molecule has 0 bridgehead atoms. The third-order valence-corrected chi connectivity index (χ3v) is 5.16. The minimum atomic E-state index is 0.121. The van der Waals surface area contributed by atoms with Crippen LogP contribution >= 0.6 is 0 Å². The molecule has 2 aliphatic heterocycles. The average Bonchev–Trinajstić information content (AvgIpc) is 2.80. The van der Waals surface area contributed by atoms with Gasteiger partial charge in [0.15, 0.2) is 0 Å². The zero-order valence-electron chi connectivity index (χ0n) is 16.3. The Kier molecular flexibility index (Phi) is 5.53. The van der Waals surface area contributed by atoms with Gasteiger partial charge in [0.05, 0.1) is 31.7 Å². The van der Waals surface area contributed by atoms with Crippen molar-refractivity contribution in [2.75, 3.05) is 44.0 Å². The van der Waals surface area contributed by atoms with Crippen LogP contribution in [-0.4, -0.2) is 55.3 Å². The van der Waals surface area contributed by atoms with Gasteiger partial charge >= 0.3 is 0 Å². The molecule has 4 rings (SSSR count). The summed E-state index contributed by atoms with van der Waals surface area (Å²) in [5.41, 5.74) is 9.29. The van der Waals surface area contributed by atoms with Gasteiger partial charge in [-0.3, -0.25) is 5.41 Å². The Morgan fingerprint density at radius 2 is 2.07 bits per heavy atom. The maximum atomic E-state index is 8.72. The smallest absolute Gasteiger partial charge is 0.208 e. The van der Waals surface area contributed by atoms with Crippen LogP contribution in [0.5, 0.6) is 0 Å². The fourth-order valence-corrected chi connectivity index (χ4v) is 3.47. The molecule has 1 fully saturated rings. The van der Waals surface area contributed by atoms with Crippen molar-refractivity contribution >= 4 is 23.4 Å². The Bertz CT molecular complexity index is 965. The normalized spacial score (nSPS) is 19.0. The van der Waals surface area contributed by atoms with Crippen molar-refractivity contribution in [2.45, 2.75) is 12.3 Å². The van der Waals surface area contributed by atoms with Crippen molar-refractivity contribution in [2.24, 2.45) is 4.99 Å². The van der Waals surface area contributed by atoms with E-state index in [1.165, 1.54) is 6.33 Å². The van der Waals surface area contributed by atoms with E-state index in [4.69, 9.17) is 20.6 Å². The topological polar surface area (TPSA) is 110 Å². The van der Waals surface area contributed by atoms with Crippen LogP contribution in [0.4, 0.5) is 11.5 Å². The highest BCUT2D eigenvalue weighted by Crippen LogP contribution is 2.27. The molecule has 8 heteroatoms. The van der Waals surface area contributed by atoms with E-state index >= 15 is 0 Å². The molecule has 0 radical (unpaired) electrons. The summed E-state index contributed by atoms with van der Waals surface area (Å²) >= 11 is 0. The first-order valence-electron chi connectivity index (χ1n) is 9.57. The second-order valence-electron chi connectivity index (χ2n) is 6.95. The number of nitrogens with zero attached hydrogens (tertiary/aromatic N) is 4. The molecule has 1 aromatic carbocycles. The molecule has 1 atom stereocenters. The van der Waals surface area contributed by atoms with E-state index in [1.54, 1.807) is 7.11 Å². The molecule has 3 heterocycles. The summed E-state index contributed by atoms with van der Waals surface area (Å²) in [6.07, 6.45) is 6.13. The van der Waals surface area contributed by atoms with Crippen molar-refractivity contribution in [3.8, 4) is 0 Å². The van der Waals surface area contributed by atoms with Crippen LogP contribution in [0, 0.1) is 5.41 Å². The van der Waals surface area contributed by atoms with E-state index < -0.39 is 0 Å². The molecule has 0 saturated carbocycles. The highest BCUT2D eigenvalue weighted by molar-refractivity contribution is 6.13. The molecule has 2 aliphatic rings. The summed E-state index contributed by atoms with van der Waals surface area (Å²) in [7, 11) is 1.61. The first-order valence-corrected chi connectivity index (χ1v) is 9.57. The number of nitrogen functional groups attached to an aromatic ring is 1. The van der Waals surface area contributed by atoms with Gasteiger partial charge in [0.2, 0.25) is 5.88 Å². The van der Waals surface area contributed by atoms with Gasteiger partial charge in [-0.25, -0.2) is 15.0 Å². The Labute approximate surface area is 169 Å². The molecule has 0 spiro atoms. The molecule has 1 saturated heterocycles. The first kappa shape index (κ1) is 19.1. The minimum Gasteiger partial charge on any atom is -0.481 e. The predicted octanol–water partition coefficient (Wildman–Crippen LogP) is 2.36. The molecule has 150 valence electrons. The molecular formula is C21H24N6O2. The largest absolute Gasteiger partial charge is 0.481 e. The zero-order valence-corrected chi connectivity index (χ0v) is 16.3. The van der Waals surface area contributed by atoms with Gasteiger partial charge in [-0.2, -0.15) is 0 Å². The highest BCUT2D eigenvalue weighted by Gasteiger charge is 2.19. The second kappa shape index (κ2) is 8.40. The van der Waals surface area contributed by atoms with Crippen LogP contribution in [0.1, 0.15) is 29.2 Å². The molecule has 3 N–H and O–H groups in total. The van der Waals surface area contributed by atoms with Gasteiger partial charge in [-0.05, 0) is 30.2 Å². The fraction of sp³-hybridized carbons (Fsp3) is 0.333. The monoisotopic (exact) mass is 392 g/mol. The van der Waals surface area contributed by atoms with Gasteiger partial charge in [-0.1, -0.05) is 6.07 Å². The Morgan fingerprint density at radius 1 is 1.24 bits per heavy atom. The number of hydrogen-bond acceptors (Lipinski definition) is 8. The lowest BCUT2D eigenvalue weighted by atomic mass is 9.92. The van der Waals surface area contributed by atoms with Gasteiger partial charge in [0.25, 0.3) is 0 Å². The van der Waals surface area contributed by atoms with E-state index in [1.807, 2.05) is 36.6 Å². The van der Waals surface area contributed by atoms with E-state index in [2.05, 4.69) is 19.9 Å². The maximum absolute atomic E-state index is 8.72. The number of rotatable bonds is 5. The number of benzene rings is 1. The van der Waals surface area contributed by atoms with Crippen molar-refractivity contribution in [1.29, 1.82) is 5.41 Å². The molecule has 1 unspecified atom stereocenters. The van der Waals surface area contributed by atoms with E-state index in [-0.39, 0.29) is 11.6 Å². The highest BCUT2D eigenvalue weighted by atomic mass is 16.5. The van der Waals surface area contributed by atoms with Crippen LogP contribution in [0.2, 0.25) is 0 Å². The van der Waals surface area contributed by atoms with Crippen LogP contribution in [-0.2, 0) is 9.47 Å². The van der Waals surface area contributed by atoms with Crippen LogP contribution in [0.3, 0.4) is 0 Å². The van der Waals surface area contributed by atoms with Crippen molar-refractivity contribution in [3.05, 3.63) is 59.4 Å². The molecule has 1 aromatic heterocycles. The Morgan fingerprint density at radius 3 is 2.79 bits per heavy atom. The van der Waals surface area contributed by atoms with Crippen molar-refractivity contribution in [3.63, 3.8) is 0 Å². The number of nitrogens with one attached hydrogen (secondary N) is 1. The van der Waals surface area contributed by atoms with Gasteiger partial charge < -0.3 is 20.1 Å². The lowest BCUT2D eigenvalue weighted by Crippen LogP contribution is -2.36.